The van der Waals surface area contributed by atoms with E-state index in [1.54, 1.807) is 18.2 Å². The van der Waals surface area contributed by atoms with Gasteiger partial charge in [0.15, 0.2) is 11.6 Å². The van der Waals surface area contributed by atoms with Crippen molar-refractivity contribution in [2.45, 2.75) is 26.3 Å². The van der Waals surface area contributed by atoms with E-state index in [0.29, 0.717) is 30.9 Å². The second-order valence-corrected chi connectivity index (χ2v) is 4.05. The van der Waals surface area contributed by atoms with Crippen LogP contribution in [-0.2, 0) is 11.2 Å². The predicted octanol–water partition coefficient (Wildman–Crippen LogP) is 2.39. The predicted molar refractivity (Wildman–Crippen MR) is 70.6 cm³/mol. The van der Waals surface area contributed by atoms with E-state index in [1.807, 2.05) is 13.8 Å². The minimum Gasteiger partial charge on any atom is -0.494 e. The topological polar surface area (TPSA) is 30.5 Å². The third kappa shape index (κ3) is 4.27. The van der Waals surface area contributed by atoms with E-state index in [9.17, 15) is 4.39 Å². The van der Waals surface area contributed by atoms with Crippen LogP contribution in [0.2, 0.25) is 0 Å². The van der Waals surface area contributed by atoms with Crippen LogP contribution in [0.1, 0.15) is 19.4 Å². The minimum atomic E-state index is -0.278. The molecule has 0 aliphatic carbocycles. The molecule has 1 unspecified atom stereocenters. The standard InChI is InChI=1S/C14H22FNO2/c1-4-16-12(10-18-5-2)9-11-7-6-8-13(17-3)14(11)15/h6-8,12,16H,4-5,9-10H2,1-3H3. The van der Waals surface area contributed by atoms with Crippen LogP contribution in [-0.4, -0.2) is 32.9 Å². The van der Waals surface area contributed by atoms with Crippen molar-refractivity contribution >= 4 is 0 Å². The first kappa shape index (κ1) is 14.9. The number of hydrogen-bond acceptors (Lipinski definition) is 3. The van der Waals surface area contributed by atoms with E-state index < -0.39 is 0 Å². The molecule has 1 rings (SSSR count). The number of benzene rings is 1. The van der Waals surface area contributed by atoms with Gasteiger partial charge in [0.2, 0.25) is 0 Å². The van der Waals surface area contributed by atoms with Crippen LogP contribution < -0.4 is 10.1 Å². The van der Waals surface area contributed by atoms with Gasteiger partial charge in [-0.05, 0) is 31.5 Å². The van der Waals surface area contributed by atoms with Gasteiger partial charge in [0, 0.05) is 12.6 Å². The Labute approximate surface area is 108 Å². The molecule has 0 spiro atoms. The van der Waals surface area contributed by atoms with Gasteiger partial charge in [0.1, 0.15) is 0 Å². The summed E-state index contributed by atoms with van der Waals surface area (Å²) in [6.45, 7) is 6.07. The summed E-state index contributed by atoms with van der Waals surface area (Å²) in [5.74, 6) is 0.0126. The van der Waals surface area contributed by atoms with Crippen molar-refractivity contribution in [3.63, 3.8) is 0 Å². The highest BCUT2D eigenvalue weighted by molar-refractivity contribution is 5.31. The smallest absolute Gasteiger partial charge is 0.168 e. The van der Waals surface area contributed by atoms with Gasteiger partial charge in [-0.25, -0.2) is 4.39 Å². The summed E-state index contributed by atoms with van der Waals surface area (Å²) in [6, 6.07) is 5.34. The van der Waals surface area contributed by atoms with E-state index in [1.165, 1.54) is 7.11 Å². The van der Waals surface area contributed by atoms with Crippen molar-refractivity contribution in [1.29, 1.82) is 0 Å². The van der Waals surface area contributed by atoms with Gasteiger partial charge in [-0.15, -0.1) is 0 Å². The van der Waals surface area contributed by atoms with E-state index in [2.05, 4.69) is 5.32 Å². The van der Waals surface area contributed by atoms with Crippen LogP contribution in [0.3, 0.4) is 0 Å². The Bertz CT molecular complexity index is 358. The number of hydrogen-bond donors (Lipinski definition) is 1. The normalized spacial score (nSPS) is 12.4. The molecule has 1 aromatic rings. The molecule has 4 heteroatoms. The lowest BCUT2D eigenvalue weighted by molar-refractivity contribution is 0.123. The third-order valence-electron chi connectivity index (χ3n) is 2.75. The summed E-state index contributed by atoms with van der Waals surface area (Å²) in [4.78, 5) is 0. The zero-order valence-corrected chi connectivity index (χ0v) is 11.3. The van der Waals surface area contributed by atoms with Crippen LogP contribution in [0.4, 0.5) is 4.39 Å². The molecule has 0 radical (unpaired) electrons. The number of ether oxygens (including phenoxy) is 2. The zero-order chi connectivity index (χ0) is 13.4. The van der Waals surface area contributed by atoms with Crippen molar-refractivity contribution in [2.24, 2.45) is 0 Å². The molecule has 0 saturated carbocycles. The van der Waals surface area contributed by atoms with E-state index in [0.717, 1.165) is 6.54 Å². The van der Waals surface area contributed by atoms with Crippen LogP contribution in [0.25, 0.3) is 0 Å². The highest BCUT2D eigenvalue weighted by Gasteiger charge is 2.14. The molecule has 0 bridgehead atoms. The fourth-order valence-electron chi connectivity index (χ4n) is 1.88. The van der Waals surface area contributed by atoms with E-state index >= 15 is 0 Å². The van der Waals surface area contributed by atoms with Crippen molar-refractivity contribution < 1.29 is 13.9 Å². The Morgan fingerprint density at radius 3 is 2.72 bits per heavy atom. The average molecular weight is 255 g/mol. The first-order valence-corrected chi connectivity index (χ1v) is 6.35. The van der Waals surface area contributed by atoms with Crippen LogP contribution >= 0.6 is 0 Å². The quantitative estimate of drug-likeness (QED) is 0.773. The first-order chi connectivity index (χ1) is 8.72. The van der Waals surface area contributed by atoms with Crippen molar-refractivity contribution in [3.8, 4) is 5.75 Å². The highest BCUT2D eigenvalue weighted by Crippen LogP contribution is 2.21. The zero-order valence-electron chi connectivity index (χ0n) is 11.3. The van der Waals surface area contributed by atoms with E-state index in [4.69, 9.17) is 9.47 Å². The largest absolute Gasteiger partial charge is 0.494 e. The van der Waals surface area contributed by atoms with Gasteiger partial charge in [0.25, 0.3) is 0 Å². The number of likely N-dealkylation sites (N-methyl/N-ethyl adjacent to an activating group) is 1. The van der Waals surface area contributed by atoms with E-state index in [-0.39, 0.29) is 11.9 Å². The summed E-state index contributed by atoms with van der Waals surface area (Å²) >= 11 is 0. The fourth-order valence-corrected chi connectivity index (χ4v) is 1.88. The summed E-state index contributed by atoms with van der Waals surface area (Å²) in [6.07, 6.45) is 0.594. The molecule has 0 aliphatic rings. The van der Waals surface area contributed by atoms with Crippen molar-refractivity contribution in [1.82, 2.24) is 5.32 Å². The molecule has 0 aromatic heterocycles. The Morgan fingerprint density at radius 2 is 2.11 bits per heavy atom. The van der Waals surface area contributed by atoms with Gasteiger partial charge in [-0.2, -0.15) is 0 Å². The lowest BCUT2D eigenvalue weighted by Gasteiger charge is -2.18. The van der Waals surface area contributed by atoms with Gasteiger partial charge < -0.3 is 14.8 Å². The summed E-state index contributed by atoms with van der Waals surface area (Å²) in [7, 11) is 1.48. The molecule has 3 nitrogen and oxygen atoms in total. The summed E-state index contributed by atoms with van der Waals surface area (Å²) < 4.78 is 24.4. The molecule has 1 N–H and O–H groups in total. The van der Waals surface area contributed by atoms with Crippen LogP contribution in [0.15, 0.2) is 18.2 Å². The lowest BCUT2D eigenvalue weighted by Crippen LogP contribution is -2.35. The molecule has 0 heterocycles. The fraction of sp³-hybridized carbons (Fsp3) is 0.571. The SMILES string of the molecule is CCNC(COCC)Cc1cccc(OC)c1F. The Kier molecular flexibility index (Phi) is 6.68. The number of methoxy groups -OCH3 is 1. The van der Waals surface area contributed by atoms with Crippen LogP contribution in [0, 0.1) is 5.82 Å². The Balaban J connectivity index is 2.73. The summed E-state index contributed by atoms with van der Waals surface area (Å²) in [5, 5.41) is 3.30. The monoisotopic (exact) mass is 255 g/mol. The molecule has 0 amide bonds. The molecule has 0 fully saturated rings. The van der Waals surface area contributed by atoms with Crippen molar-refractivity contribution in [2.75, 3.05) is 26.9 Å². The molecular weight excluding hydrogens is 233 g/mol. The van der Waals surface area contributed by atoms with Gasteiger partial charge in [0.05, 0.1) is 13.7 Å². The van der Waals surface area contributed by atoms with Crippen molar-refractivity contribution in [3.05, 3.63) is 29.6 Å². The molecular formula is C14H22FNO2. The number of halogens is 1. The van der Waals surface area contributed by atoms with Gasteiger partial charge in [-0.3, -0.25) is 0 Å². The molecule has 102 valence electrons. The molecule has 0 aliphatic heterocycles. The molecule has 0 saturated heterocycles. The maximum Gasteiger partial charge on any atom is 0.168 e. The Morgan fingerprint density at radius 1 is 1.33 bits per heavy atom. The second kappa shape index (κ2) is 8.06. The second-order valence-electron chi connectivity index (χ2n) is 4.05. The summed E-state index contributed by atoms with van der Waals surface area (Å²) in [5.41, 5.74) is 0.653. The Hall–Kier alpha value is -1.13. The first-order valence-electron chi connectivity index (χ1n) is 6.35. The number of nitrogens with one attached hydrogen (secondary N) is 1. The molecule has 18 heavy (non-hydrogen) atoms. The highest BCUT2D eigenvalue weighted by atomic mass is 19.1. The lowest BCUT2D eigenvalue weighted by atomic mass is 10.1. The molecule has 1 aromatic carbocycles. The third-order valence-corrected chi connectivity index (χ3v) is 2.75. The minimum absolute atomic E-state index is 0.122. The van der Waals surface area contributed by atoms with Gasteiger partial charge >= 0.3 is 0 Å². The maximum atomic E-state index is 14.0. The number of rotatable bonds is 8. The van der Waals surface area contributed by atoms with Crippen LogP contribution in [0.5, 0.6) is 5.75 Å². The average Bonchev–Trinajstić information content (AvgIpc) is 2.38. The maximum absolute atomic E-state index is 14.0. The van der Waals surface area contributed by atoms with Gasteiger partial charge in [-0.1, -0.05) is 19.1 Å². The molecule has 1 atom stereocenters.